The maximum atomic E-state index is 13.0. The Morgan fingerprint density at radius 1 is 1.15 bits per heavy atom. The Morgan fingerprint density at radius 3 is 2.65 bits per heavy atom. The van der Waals surface area contributed by atoms with Gasteiger partial charge in [-0.1, -0.05) is 6.07 Å². The minimum Gasteiger partial charge on any atom is -0.545 e. The fourth-order valence-corrected chi connectivity index (χ4v) is 3.41. The van der Waals surface area contributed by atoms with Crippen LogP contribution in [0.3, 0.4) is 0 Å². The van der Waals surface area contributed by atoms with Crippen LogP contribution in [-0.2, 0) is 4.74 Å². The average molecular weight is 462 g/mol. The number of pyridine rings is 3. The number of carboxylic acids is 1. The summed E-state index contributed by atoms with van der Waals surface area (Å²) in [6.45, 7) is 7.65. The van der Waals surface area contributed by atoms with Crippen molar-refractivity contribution in [3.05, 3.63) is 54.0 Å². The largest absolute Gasteiger partial charge is 0.545 e. The SMILES string of the molecule is Cc1cccc(-c2cc(Nc3ccncc3C(=O)[O-])c3c(n2)N(C(=O)OC(C)(C)C)CCO3)n1. The summed E-state index contributed by atoms with van der Waals surface area (Å²) < 4.78 is 11.4. The lowest BCUT2D eigenvalue weighted by Gasteiger charge is -2.32. The first-order valence-electron chi connectivity index (χ1n) is 10.7. The second-order valence-electron chi connectivity index (χ2n) is 8.69. The van der Waals surface area contributed by atoms with Crippen molar-refractivity contribution in [2.75, 3.05) is 23.4 Å². The molecule has 3 aromatic heterocycles. The van der Waals surface area contributed by atoms with E-state index in [1.807, 2.05) is 19.1 Å². The predicted octanol–water partition coefficient (Wildman–Crippen LogP) is 3.09. The zero-order valence-electron chi connectivity index (χ0n) is 19.3. The summed E-state index contributed by atoms with van der Waals surface area (Å²) >= 11 is 0. The number of ether oxygens (including phenoxy) is 2. The third-order valence-corrected chi connectivity index (χ3v) is 4.85. The molecule has 4 rings (SSSR count). The number of hydrogen-bond donors (Lipinski definition) is 1. The molecule has 0 bridgehead atoms. The summed E-state index contributed by atoms with van der Waals surface area (Å²) in [5.41, 5.74) is 1.67. The smallest absolute Gasteiger partial charge is 0.416 e. The zero-order valence-corrected chi connectivity index (χ0v) is 19.3. The fraction of sp³-hybridized carbons (Fsp3) is 0.292. The molecule has 0 saturated heterocycles. The number of aryl methyl sites for hydroxylation is 1. The van der Waals surface area contributed by atoms with Crippen molar-refractivity contribution >= 4 is 29.3 Å². The normalized spacial score (nSPS) is 13.0. The minimum absolute atomic E-state index is 0.122. The van der Waals surface area contributed by atoms with Crippen LogP contribution in [-0.4, -0.2) is 45.8 Å². The first kappa shape index (κ1) is 23.0. The molecule has 0 fully saturated rings. The number of carbonyl (C=O) groups excluding carboxylic acids is 2. The van der Waals surface area contributed by atoms with Gasteiger partial charge in [-0.2, -0.15) is 0 Å². The van der Waals surface area contributed by atoms with Crippen LogP contribution in [0.15, 0.2) is 42.7 Å². The highest BCUT2D eigenvalue weighted by molar-refractivity contribution is 5.96. The van der Waals surface area contributed by atoms with Gasteiger partial charge in [-0.3, -0.25) is 14.9 Å². The molecule has 4 heterocycles. The summed E-state index contributed by atoms with van der Waals surface area (Å²) in [5.74, 6) is -0.849. The highest BCUT2D eigenvalue weighted by Gasteiger charge is 2.32. The fourth-order valence-electron chi connectivity index (χ4n) is 3.41. The van der Waals surface area contributed by atoms with E-state index in [0.29, 0.717) is 17.1 Å². The summed E-state index contributed by atoms with van der Waals surface area (Å²) in [5, 5.41) is 14.7. The minimum atomic E-state index is -1.38. The van der Waals surface area contributed by atoms with Crippen LogP contribution in [0, 0.1) is 6.92 Å². The number of nitrogens with one attached hydrogen (secondary N) is 1. The first-order chi connectivity index (χ1) is 16.1. The van der Waals surface area contributed by atoms with Crippen molar-refractivity contribution < 1.29 is 24.2 Å². The molecule has 0 atom stereocenters. The molecule has 1 aliphatic heterocycles. The molecule has 0 unspecified atom stereocenters. The van der Waals surface area contributed by atoms with Gasteiger partial charge in [-0.15, -0.1) is 0 Å². The highest BCUT2D eigenvalue weighted by Crippen LogP contribution is 2.41. The molecule has 0 radical (unpaired) electrons. The number of amides is 1. The Bertz CT molecular complexity index is 1250. The van der Waals surface area contributed by atoms with E-state index in [9.17, 15) is 14.7 Å². The van der Waals surface area contributed by atoms with Gasteiger partial charge in [-0.05, 0) is 52.0 Å². The van der Waals surface area contributed by atoms with Crippen LogP contribution < -0.4 is 20.1 Å². The van der Waals surface area contributed by atoms with Gasteiger partial charge in [0.15, 0.2) is 11.6 Å². The number of hydrogen-bond acceptors (Lipinski definition) is 9. The molecule has 0 aliphatic carbocycles. The van der Waals surface area contributed by atoms with Gasteiger partial charge in [0.25, 0.3) is 0 Å². The lowest BCUT2D eigenvalue weighted by molar-refractivity contribution is -0.254. The van der Waals surface area contributed by atoms with Crippen molar-refractivity contribution in [2.45, 2.75) is 33.3 Å². The number of aromatic carboxylic acids is 1. The van der Waals surface area contributed by atoms with Crippen LogP contribution >= 0.6 is 0 Å². The number of aromatic nitrogens is 3. The van der Waals surface area contributed by atoms with Gasteiger partial charge < -0.3 is 24.7 Å². The number of carboxylic acid groups (broad SMARTS) is 1. The van der Waals surface area contributed by atoms with Crippen molar-refractivity contribution in [1.82, 2.24) is 15.0 Å². The van der Waals surface area contributed by atoms with Gasteiger partial charge in [-0.25, -0.2) is 9.78 Å². The number of rotatable bonds is 4. The molecule has 1 amide bonds. The van der Waals surface area contributed by atoms with Crippen molar-refractivity contribution in [2.24, 2.45) is 0 Å². The van der Waals surface area contributed by atoms with Crippen LogP contribution in [0.5, 0.6) is 5.75 Å². The second-order valence-corrected chi connectivity index (χ2v) is 8.69. The van der Waals surface area contributed by atoms with Crippen LogP contribution in [0.4, 0.5) is 22.0 Å². The average Bonchev–Trinajstić information content (AvgIpc) is 2.77. The lowest BCUT2D eigenvalue weighted by atomic mass is 10.1. The summed E-state index contributed by atoms with van der Waals surface area (Å²) in [6.07, 6.45) is 2.09. The lowest BCUT2D eigenvalue weighted by Crippen LogP contribution is -2.42. The molecule has 34 heavy (non-hydrogen) atoms. The van der Waals surface area contributed by atoms with E-state index in [-0.39, 0.29) is 36.0 Å². The molecule has 176 valence electrons. The molecule has 1 N–H and O–H groups in total. The Labute approximate surface area is 196 Å². The first-order valence-corrected chi connectivity index (χ1v) is 10.7. The summed E-state index contributed by atoms with van der Waals surface area (Å²) in [4.78, 5) is 39.0. The van der Waals surface area contributed by atoms with E-state index in [2.05, 4.69) is 20.3 Å². The van der Waals surface area contributed by atoms with E-state index >= 15 is 0 Å². The second kappa shape index (κ2) is 8.97. The van der Waals surface area contributed by atoms with Crippen molar-refractivity contribution in [3.63, 3.8) is 0 Å². The third-order valence-electron chi connectivity index (χ3n) is 4.85. The Morgan fingerprint density at radius 2 is 1.94 bits per heavy atom. The summed E-state index contributed by atoms with van der Waals surface area (Å²) in [6, 6.07) is 8.72. The Kier molecular flexibility index (Phi) is 6.06. The molecule has 10 nitrogen and oxygen atoms in total. The highest BCUT2D eigenvalue weighted by atomic mass is 16.6. The number of fused-ring (bicyclic) bond motifs is 1. The maximum absolute atomic E-state index is 13.0. The molecular formula is C24H24N5O5-. The van der Waals surface area contributed by atoms with Gasteiger partial charge in [0, 0.05) is 23.7 Å². The van der Waals surface area contributed by atoms with E-state index in [1.54, 1.807) is 32.9 Å². The van der Waals surface area contributed by atoms with E-state index in [0.717, 1.165) is 5.69 Å². The topological polar surface area (TPSA) is 130 Å². The Balaban J connectivity index is 1.86. The standard InChI is InChI=1S/C24H25N5O5/c1-14-6-5-7-17(26-14)18-12-19(27-16-8-9-25-13-15(16)22(30)31)20-21(28-18)29(10-11-33-20)23(32)34-24(2,3)4/h5-9,12-13H,10-11H2,1-4H3,(H,30,31)(H,25,27,28)/p-1. The van der Waals surface area contributed by atoms with Gasteiger partial charge in [0.1, 0.15) is 12.2 Å². The molecule has 0 aromatic carbocycles. The number of anilines is 3. The summed E-state index contributed by atoms with van der Waals surface area (Å²) in [7, 11) is 0. The van der Waals surface area contributed by atoms with E-state index < -0.39 is 17.7 Å². The number of carbonyl (C=O) groups is 2. The monoisotopic (exact) mass is 462 g/mol. The van der Waals surface area contributed by atoms with E-state index in [4.69, 9.17) is 9.47 Å². The molecule has 10 heteroatoms. The zero-order chi connectivity index (χ0) is 24.5. The molecule has 0 spiro atoms. The Hall–Kier alpha value is -4.21. The van der Waals surface area contributed by atoms with Crippen molar-refractivity contribution in [3.8, 4) is 17.1 Å². The predicted molar refractivity (Wildman–Crippen MR) is 123 cm³/mol. The third kappa shape index (κ3) is 4.90. The van der Waals surface area contributed by atoms with Crippen LogP contribution in [0.25, 0.3) is 11.4 Å². The van der Waals surface area contributed by atoms with Crippen molar-refractivity contribution in [1.29, 1.82) is 0 Å². The van der Waals surface area contributed by atoms with Crippen LogP contribution in [0.1, 0.15) is 36.8 Å². The van der Waals surface area contributed by atoms with Crippen LogP contribution in [0.2, 0.25) is 0 Å². The maximum Gasteiger partial charge on any atom is 0.416 e. The molecular weight excluding hydrogens is 438 g/mol. The van der Waals surface area contributed by atoms with Gasteiger partial charge in [0.05, 0.1) is 35.3 Å². The quantitative estimate of drug-likeness (QED) is 0.621. The molecule has 1 aliphatic rings. The van der Waals surface area contributed by atoms with E-state index in [1.165, 1.54) is 23.4 Å². The number of nitrogens with zero attached hydrogens (tertiary/aromatic N) is 4. The van der Waals surface area contributed by atoms with Gasteiger partial charge >= 0.3 is 6.09 Å². The molecule has 0 saturated carbocycles. The van der Waals surface area contributed by atoms with Gasteiger partial charge in [0.2, 0.25) is 0 Å². The molecule has 3 aromatic rings.